The summed E-state index contributed by atoms with van der Waals surface area (Å²) in [7, 11) is 0. The maximum atomic E-state index is 13.8. The smallest absolute Gasteiger partial charge is 0.407 e. The molecule has 0 saturated carbocycles. The fraction of sp³-hybridized carbons (Fsp3) is 0.160. The number of carboxylic acid groups (broad SMARTS) is 1. The summed E-state index contributed by atoms with van der Waals surface area (Å²) in [6.07, 6.45) is -0.757. The van der Waals surface area contributed by atoms with Crippen molar-refractivity contribution in [2.24, 2.45) is 0 Å². The number of anilines is 1. The SMILES string of the molecule is CC(NC(=O)OCC1c2ccccc2-c2ccccc21)C(=O)Nc1ccc(C(=O)O)c(F)c1. The van der Waals surface area contributed by atoms with Gasteiger partial charge in [-0.3, -0.25) is 4.79 Å². The van der Waals surface area contributed by atoms with E-state index in [1.807, 2.05) is 48.5 Å². The van der Waals surface area contributed by atoms with Crippen LogP contribution in [0.4, 0.5) is 14.9 Å². The predicted molar refractivity (Wildman–Crippen MR) is 120 cm³/mol. The van der Waals surface area contributed by atoms with Crippen LogP contribution < -0.4 is 10.6 Å². The summed E-state index contributed by atoms with van der Waals surface area (Å²) >= 11 is 0. The predicted octanol–water partition coefficient (Wildman–Crippen LogP) is 4.39. The number of hydrogen-bond donors (Lipinski definition) is 3. The Kier molecular flexibility index (Phi) is 6.08. The van der Waals surface area contributed by atoms with Gasteiger partial charge in [0.25, 0.3) is 0 Å². The highest BCUT2D eigenvalue weighted by molar-refractivity contribution is 5.97. The van der Waals surface area contributed by atoms with Gasteiger partial charge in [0, 0.05) is 11.6 Å². The number of nitrogens with one attached hydrogen (secondary N) is 2. The molecule has 168 valence electrons. The Balaban J connectivity index is 1.35. The normalized spacial score (nSPS) is 12.9. The Hall–Kier alpha value is -4.20. The molecule has 7 nitrogen and oxygen atoms in total. The van der Waals surface area contributed by atoms with Crippen LogP contribution in [-0.4, -0.2) is 35.7 Å². The van der Waals surface area contributed by atoms with Crippen molar-refractivity contribution in [2.75, 3.05) is 11.9 Å². The molecule has 0 bridgehead atoms. The van der Waals surface area contributed by atoms with E-state index in [2.05, 4.69) is 10.6 Å². The summed E-state index contributed by atoms with van der Waals surface area (Å²) < 4.78 is 19.2. The van der Waals surface area contributed by atoms with E-state index in [1.165, 1.54) is 13.0 Å². The molecule has 8 heteroatoms. The van der Waals surface area contributed by atoms with Gasteiger partial charge >= 0.3 is 12.1 Å². The molecule has 1 unspecified atom stereocenters. The van der Waals surface area contributed by atoms with Crippen molar-refractivity contribution >= 4 is 23.7 Å². The van der Waals surface area contributed by atoms with Crippen molar-refractivity contribution in [3.05, 3.63) is 89.2 Å². The van der Waals surface area contributed by atoms with Crippen molar-refractivity contribution in [1.82, 2.24) is 5.32 Å². The molecular formula is C25H21FN2O5. The molecule has 3 aromatic carbocycles. The number of carboxylic acids is 1. The van der Waals surface area contributed by atoms with E-state index in [0.717, 1.165) is 34.4 Å². The van der Waals surface area contributed by atoms with Gasteiger partial charge in [-0.2, -0.15) is 0 Å². The zero-order valence-electron chi connectivity index (χ0n) is 17.7. The van der Waals surface area contributed by atoms with Gasteiger partial charge in [0.1, 0.15) is 18.5 Å². The number of benzene rings is 3. The van der Waals surface area contributed by atoms with Gasteiger partial charge in [0.2, 0.25) is 5.91 Å². The average Bonchev–Trinajstić information content (AvgIpc) is 3.11. The van der Waals surface area contributed by atoms with Gasteiger partial charge in [-0.1, -0.05) is 48.5 Å². The first-order valence-corrected chi connectivity index (χ1v) is 10.3. The Bertz CT molecular complexity index is 1200. The topological polar surface area (TPSA) is 105 Å². The molecule has 1 aliphatic rings. The molecule has 3 aromatic rings. The molecule has 1 aliphatic carbocycles. The lowest BCUT2D eigenvalue weighted by Gasteiger charge is -2.17. The number of hydrogen-bond acceptors (Lipinski definition) is 4. The number of ether oxygens (including phenoxy) is 1. The first-order valence-electron chi connectivity index (χ1n) is 10.3. The molecule has 0 aromatic heterocycles. The van der Waals surface area contributed by atoms with Crippen molar-refractivity contribution in [3.63, 3.8) is 0 Å². The minimum atomic E-state index is -1.41. The second kappa shape index (κ2) is 9.12. The van der Waals surface area contributed by atoms with Crippen LogP contribution in [0.5, 0.6) is 0 Å². The largest absolute Gasteiger partial charge is 0.478 e. The van der Waals surface area contributed by atoms with Crippen LogP contribution in [0.3, 0.4) is 0 Å². The van der Waals surface area contributed by atoms with Crippen molar-refractivity contribution in [2.45, 2.75) is 18.9 Å². The van der Waals surface area contributed by atoms with E-state index >= 15 is 0 Å². The van der Waals surface area contributed by atoms with Crippen LogP contribution in [0.15, 0.2) is 66.7 Å². The minimum absolute atomic E-state index is 0.0729. The van der Waals surface area contributed by atoms with Gasteiger partial charge in [-0.15, -0.1) is 0 Å². The third-order valence-electron chi connectivity index (χ3n) is 5.54. The van der Waals surface area contributed by atoms with E-state index in [4.69, 9.17) is 9.84 Å². The molecule has 1 atom stereocenters. The minimum Gasteiger partial charge on any atom is -0.478 e. The standard InChI is InChI=1S/C25H21FN2O5/c1-14(23(29)28-15-10-11-20(24(30)31)22(26)12-15)27-25(32)33-13-21-18-8-4-2-6-16(18)17-7-3-5-9-19(17)21/h2-12,14,21H,13H2,1H3,(H,27,32)(H,28,29)(H,30,31). The fourth-order valence-electron chi connectivity index (χ4n) is 3.90. The number of rotatable bonds is 6. The summed E-state index contributed by atoms with van der Waals surface area (Å²) in [4.78, 5) is 35.6. The van der Waals surface area contributed by atoms with E-state index < -0.39 is 35.4 Å². The second-order valence-electron chi connectivity index (χ2n) is 7.68. The van der Waals surface area contributed by atoms with Gasteiger partial charge in [0.05, 0.1) is 5.56 Å². The summed E-state index contributed by atoms with van der Waals surface area (Å²) in [5, 5.41) is 13.8. The van der Waals surface area contributed by atoms with Crippen LogP contribution in [0, 0.1) is 5.82 Å². The molecule has 4 rings (SSSR count). The first-order chi connectivity index (χ1) is 15.8. The summed E-state index contributed by atoms with van der Waals surface area (Å²) in [6, 6.07) is 18.1. The van der Waals surface area contributed by atoms with Gasteiger partial charge in [-0.25, -0.2) is 14.0 Å². The average molecular weight is 448 g/mol. The summed E-state index contributed by atoms with van der Waals surface area (Å²) in [5.74, 6) is -3.10. The van der Waals surface area contributed by atoms with E-state index in [1.54, 1.807) is 0 Å². The van der Waals surface area contributed by atoms with E-state index in [9.17, 15) is 18.8 Å². The maximum absolute atomic E-state index is 13.8. The molecule has 0 saturated heterocycles. The maximum Gasteiger partial charge on any atom is 0.407 e. The van der Waals surface area contributed by atoms with Crippen LogP contribution in [0.2, 0.25) is 0 Å². The van der Waals surface area contributed by atoms with Crippen LogP contribution in [-0.2, 0) is 9.53 Å². The monoisotopic (exact) mass is 448 g/mol. The molecule has 0 radical (unpaired) electrons. The highest BCUT2D eigenvalue weighted by Gasteiger charge is 2.29. The Morgan fingerprint density at radius 1 is 1.00 bits per heavy atom. The number of alkyl carbamates (subject to hydrolysis) is 1. The van der Waals surface area contributed by atoms with E-state index in [-0.39, 0.29) is 18.2 Å². The zero-order chi connectivity index (χ0) is 23.5. The van der Waals surface area contributed by atoms with Crippen molar-refractivity contribution < 1.29 is 28.6 Å². The van der Waals surface area contributed by atoms with Crippen molar-refractivity contribution in [1.29, 1.82) is 0 Å². The molecule has 0 spiro atoms. The molecule has 0 fully saturated rings. The lowest BCUT2D eigenvalue weighted by molar-refractivity contribution is -0.117. The van der Waals surface area contributed by atoms with Crippen LogP contribution >= 0.6 is 0 Å². The Morgan fingerprint density at radius 2 is 1.61 bits per heavy atom. The first kappa shape index (κ1) is 22.0. The number of fused-ring (bicyclic) bond motifs is 3. The van der Waals surface area contributed by atoms with Crippen LogP contribution in [0.1, 0.15) is 34.3 Å². The third kappa shape index (κ3) is 4.55. The summed E-state index contributed by atoms with van der Waals surface area (Å²) in [5.41, 5.74) is 3.93. The second-order valence-corrected chi connectivity index (χ2v) is 7.68. The number of carbonyl (C=O) groups is 3. The molecule has 0 aliphatic heterocycles. The number of aromatic carboxylic acids is 1. The summed E-state index contributed by atoms with van der Waals surface area (Å²) in [6.45, 7) is 1.56. The molecular weight excluding hydrogens is 427 g/mol. The third-order valence-corrected chi connectivity index (χ3v) is 5.54. The number of carbonyl (C=O) groups excluding carboxylic acids is 2. The quantitative estimate of drug-likeness (QED) is 0.519. The molecule has 3 N–H and O–H groups in total. The van der Waals surface area contributed by atoms with Crippen LogP contribution in [0.25, 0.3) is 11.1 Å². The fourth-order valence-corrected chi connectivity index (χ4v) is 3.90. The van der Waals surface area contributed by atoms with Crippen molar-refractivity contribution in [3.8, 4) is 11.1 Å². The zero-order valence-corrected chi connectivity index (χ0v) is 17.7. The van der Waals surface area contributed by atoms with E-state index in [0.29, 0.717) is 0 Å². The lowest BCUT2D eigenvalue weighted by atomic mass is 9.98. The Morgan fingerprint density at radius 3 is 2.18 bits per heavy atom. The number of halogens is 1. The highest BCUT2D eigenvalue weighted by atomic mass is 19.1. The number of amides is 2. The molecule has 0 heterocycles. The van der Waals surface area contributed by atoms with Gasteiger partial charge in [0.15, 0.2) is 0 Å². The Labute approximate surface area is 189 Å². The lowest BCUT2D eigenvalue weighted by Crippen LogP contribution is -2.42. The molecule has 33 heavy (non-hydrogen) atoms. The van der Waals surface area contributed by atoms with Gasteiger partial charge in [-0.05, 0) is 47.4 Å². The highest BCUT2D eigenvalue weighted by Crippen LogP contribution is 2.44. The van der Waals surface area contributed by atoms with Gasteiger partial charge < -0.3 is 20.5 Å². The molecule has 2 amide bonds.